The van der Waals surface area contributed by atoms with Crippen molar-refractivity contribution in [3.8, 4) is 11.1 Å². The van der Waals surface area contributed by atoms with Gasteiger partial charge >= 0.3 is 0 Å². The maximum Gasteiger partial charge on any atom is 0.251 e. The lowest BCUT2D eigenvalue weighted by molar-refractivity contribution is 0.0941. The highest BCUT2D eigenvalue weighted by atomic mass is 32.2. The monoisotopic (exact) mass is 329 g/mol. The van der Waals surface area contributed by atoms with Gasteiger partial charge in [0.25, 0.3) is 5.91 Å². The molecule has 0 saturated carbocycles. The van der Waals surface area contributed by atoms with Crippen molar-refractivity contribution >= 4 is 15.7 Å². The second-order valence-corrected chi connectivity index (χ2v) is 8.25. The molecular weight excluding hydrogens is 310 g/mol. The number of nitrogens with one attached hydrogen (secondary N) is 1. The molecule has 1 heterocycles. The van der Waals surface area contributed by atoms with Gasteiger partial charge in [0.15, 0.2) is 9.84 Å². The normalized spacial score (nSPS) is 19.4. The maximum absolute atomic E-state index is 12.4. The molecule has 0 aromatic heterocycles. The Balaban J connectivity index is 1.78. The van der Waals surface area contributed by atoms with Gasteiger partial charge in [0.1, 0.15) is 0 Å². The van der Waals surface area contributed by atoms with E-state index in [1.807, 2.05) is 43.3 Å². The summed E-state index contributed by atoms with van der Waals surface area (Å²) in [6, 6.07) is 15.2. The summed E-state index contributed by atoms with van der Waals surface area (Å²) in [5.41, 5.74) is 3.74. The highest BCUT2D eigenvalue weighted by Gasteiger charge is 2.29. The molecule has 1 aliphatic rings. The first-order chi connectivity index (χ1) is 10.9. The van der Waals surface area contributed by atoms with E-state index in [0.717, 1.165) is 16.7 Å². The molecule has 1 saturated heterocycles. The largest absolute Gasteiger partial charge is 0.348 e. The highest BCUT2D eigenvalue weighted by molar-refractivity contribution is 7.91. The molecule has 1 fully saturated rings. The Morgan fingerprint density at radius 3 is 2.43 bits per heavy atom. The topological polar surface area (TPSA) is 63.2 Å². The zero-order chi connectivity index (χ0) is 16.4. The number of sulfone groups is 1. The molecule has 23 heavy (non-hydrogen) atoms. The standard InChI is InChI=1S/C18H19NO3S/c1-13-4-2-5-14(10-13)15-6-3-7-16(11-15)18(20)19-17-8-9-23(21,22)12-17/h2-7,10-11,17H,8-9,12H2,1H3,(H,19,20). The van der Waals surface area contributed by atoms with Crippen molar-refractivity contribution in [2.24, 2.45) is 0 Å². The molecule has 1 N–H and O–H groups in total. The van der Waals surface area contributed by atoms with E-state index < -0.39 is 9.84 Å². The Hall–Kier alpha value is -2.14. The van der Waals surface area contributed by atoms with E-state index in [4.69, 9.17) is 0 Å². The molecular formula is C18H19NO3S. The van der Waals surface area contributed by atoms with Gasteiger partial charge in [-0.15, -0.1) is 0 Å². The predicted molar refractivity (Wildman–Crippen MR) is 91.1 cm³/mol. The van der Waals surface area contributed by atoms with Gasteiger partial charge in [-0.05, 0) is 36.6 Å². The average molecular weight is 329 g/mol. The first kappa shape index (κ1) is 15.7. The molecule has 120 valence electrons. The van der Waals surface area contributed by atoms with Gasteiger partial charge in [0, 0.05) is 11.6 Å². The van der Waals surface area contributed by atoms with Gasteiger partial charge in [0.2, 0.25) is 0 Å². The van der Waals surface area contributed by atoms with Gasteiger partial charge in [0.05, 0.1) is 11.5 Å². The molecule has 2 aromatic carbocycles. The number of rotatable bonds is 3. The zero-order valence-electron chi connectivity index (χ0n) is 13.0. The summed E-state index contributed by atoms with van der Waals surface area (Å²) >= 11 is 0. The smallest absolute Gasteiger partial charge is 0.251 e. The van der Waals surface area contributed by atoms with Gasteiger partial charge in [-0.1, -0.05) is 42.0 Å². The van der Waals surface area contributed by atoms with E-state index in [0.29, 0.717) is 12.0 Å². The molecule has 1 atom stereocenters. The lowest BCUT2D eigenvalue weighted by atomic mass is 10.0. The Bertz CT molecular complexity index is 843. The van der Waals surface area contributed by atoms with Crippen LogP contribution < -0.4 is 5.32 Å². The molecule has 2 aromatic rings. The van der Waals surface area contributed by atoms with Crippen molar-refractivity contribution in [3.63, 3.8) is 0 Å². The summed E-state index contributed by atoms with van der Waals surface area (Å²) < 4.78 is 23.0. The van der Waals surface area contributed by atoms with Gasteiger partial charge < -0.3 is 5.32 Å². The van der Waals surface area contributed by atoms with Crippen LogP contribution in [0.4, 0.5) is 0 Å². The summed E-state index contributed by atoms with van der Waals surface area (Å²) in [5, 5.41) is 2.82. The van der Waals surface area contributed by atoms with Crippen LogP contribution in [0.2, 0.25) is 0 Å². The number of carbonyl (C=O) groups excluding carboxylic acids is 1. The summed E-state index contributed by atoms with van der Waals surface area (Å²) in [7, 11) is -2.99. The Morgan fingerprint density at radius 1 is 1.09 bits per heavy atom. The van der Waals surface area contributed by atoms with E-state index in [1.54, 1.807) is 6.07 Å². The molecule has 3 rings (SSSR count). The van der Waals surface area contributed by atoms with Crippen molar-refractivity contribution in [3.05, 3.63) is 59.7 Å². The third-order valence-corrected chi connectivity index (χ3v) is 5.81. The van der Waals surface area contributed by atoms with E-state index >= 15 is 0 Å². The van der Waals surface area contributed by atoms with E-state index in [9.17, 15) is 13.2 Å². The van der Waals surface area contributed by atoms with Crippen LogP contribution >= 0.6 is 0 Å². The van der Waals surface area contributed by atoms with E-state index in [-0.39, 0.29) is 23.5 Å². The van der Waals surface area contributed by atoms with Crippen molar-refractivity contribution in [1.82, 2.24) is 5.32 Å². The quantitative estimate of drug-likeness (QED) is 0.941. The Kier molecular flexibility index (Phi) is 4.22. The number of benzene rings is 2. The molecule has 5 heteroatoms. The van der Waals surface area contributed by atoms with E-state index in [2.05, 4.69) is 11.4 Å². The molecule has 4 nitrogen and oxygen atoms in total. The van der Waals surface area contributed by atoms with Gasteiger partial charge in [-0.25, -0.2) is 8.42 Å². The number of amides is 1. The molecule has 0 aliphatic carbocycles. The molecule has 0 radical (unpaired) electrons. The second kappa shape index (κ2) is 6.16. The predicted octanol–water partition coefficient (Wildman–Crippen LogP) is 2.58. The van der Waals surface area contributed by atoms with Crippen LogP contribution in [0, 0.1) is 6.92 Å². The van der Waals surface area contributed by atoms with Gasteiger partial charge in [-0.3, -0.25) is 4.79 Å². The van der Waals surface area contributed by atoms with Crippen LogP contribution in [0.5, 0.6) is 0 Å². The summed E-state index contributed by atoms with van der Waals surface area (Å²) in [6.45, 7) is 2.03. The summed E-state index contributed by atoms with van der Waals surface area (Å²) in [4.78, 5) is 12.4. The van der Waals surface area contributed by atoms with Crippen LogP contribution in [0.3, 0.4) is 0 Å². The number of carbonyl (C=O) groups is 1. The van der Waals surface area contributed by atoms with Crippen molar-refractivity contribution < 1.29 is 13.2 Å². The van der Waals surface area contributed by atoms with Crippen LogP contribution in [-0.4, -0.2) is 31.9 Å². The molecule has 1 aliphatic heterocycles. The minimum Gasteiger partial charge on any atom is -0.348 e. The van der Waals surface area contributed by atoms with Crippen LogP contribution in [0.1, 0.15) is 22.3 Å². The molecule has 1 unspecified atom stereocenters. The number of aryl methyl sites for hydroxylation is 1. The van der Waals surface area contributed by atoms with Crippen molar-refractivity contribution in [1.29, 1.82) is 0 Å². The Labute approximate surface area is 136 Å². The second-order valence-electron chi connectivity index (χ2n) is 6.02. The van der Waals surface area contributed by atoms with Gasteiger partial charge in [-0.2, -0.15) is 0 Å². The fraction of sp³-hybridized carbons (Fsp3) is 0.278. The zero-order valence-corrected chi connectivity index (χ0v) is 13.8. The highest BCUT2D eigenvalue weighted by Crippen LogP contribution is 2.22. The van der Waals surface area contributed by atoms with Crippen LogP contribution in [-0.2, 0) is 9.84 Å². The number of hydrogen-bond donors (Lipinski definition) is 1. The molecule has 0 bridgehead atoms. The van der Waals surface area contributed by atoms with Crippen molar-refractivity contribution in [2.45, 2.75) is 19.4 Å². The first-order valence-electron chi connectivity index (χ1n) is 7.61. The lowest BCUT2D eigenvalue weighted by Gasteiger charge is -2.12. The summed E-state index contributed by atoms with van der Waals surface area (Å²) in [6.07, 6.45) is 0.492. The maximum atomic E-state index is 12.4. The van der Waals surface area contributed by atoms with E-state index in [1.165, 1.54) is 0 Å². The fourth-order valence-electron chi connectivity index (χ4n) is 2.84. The molecule has 0 spiro atoms. The van der Waals surface area contributed by atoms with Crippen molar-refractivity contribution in [2.75, 3.05) is 11.5 Å². The summed E-state index contributed by atoms with van der Waals surface area (Å²) in [5.74, 6) is -0.0287. The minimum absolute atomic E-state index is 0.0380. The Morgan fingerprint density at radius 2 is 1.78 bits per heavy atom. The van der Waals surface area contributed by atoms with Crippen LogP contribution in [0.25, 0.3) is 11.1 Å². The third-order valence-electron chi connectivity index (χ3n) is 4.04. The lowest BCUT2D eigenvalue weighted by Crippen LogP contribution is -2.35. The first-order valence-corrected chi connectivity index (χ1v) is 9.43. The van der Waals surface area contributed by atoms with Crippen LogP contribution in [0.15, 0.2) is 48.5 Å². The molecule has 1 amide bonds. The minimum atomic E-state index is -2.99. The SMILES string of the molecule is Cc1cccc(-c2cccc(C(=O)NC3CCS(=O)(=O)C3)c2)c1. The average Bonchev–Trinajstić information content (AvgIpc) is 2.86. The third kappa shape index (κ3) is 3.79. The fourth-order valence-corrected chi connectivity index (χ4v) is 4.52. The number of hydrogen-bond acceptors (Lipinski definition) is 3.